The highest BCUT2D eigenvalue weighted by atomic mass is 35.5. The van der Waals surface area contributed by atoms with Gasteiger partial charge in [0.25, 0.3) is 0 Å². The normalized spacial score (nSPS) is 15.5. The third kappa shape index (κ3) is 8.46. The van der Waals surface area contributed by atoms with Gasteiger partial charge in [-0.2, -0.15) is 0 Å². The molecule has 246 valence electrons. The Kier molecular flexibility index (Phi) is 11.4. The van der Waals surface area contributed by atoms with Crippen LogP contribution in [0.1, 0.15) is 50.2 Å². The molecule has 1 atom stereocenters. The first-order valence-electron chi connectivity index (χ1n) is 15.6. The van der Waals surface area contributed by atoms with Crippen LogP contribution in [0.2, 0.25) is 10.0 Å². The van der Waals surface area contributed by atoms with E-state index in [1.54, 1.807) is 36.4 Å². The number of sulfonamides is 1. The summed E-state index contributed by atoms with van der Waals surface area (Å²) in [7, 11) is -3.94. The van der Waals surface area contributed by atoms with Gasteiger partial charge in [0, 0.05) is 35.1 Å². The summed E-state index contributed by atoms with van der Waals surface area (Å²) in [4.78, 5) is 30.1. The molecule has 1 saturated carbocycles. The summed E-state index contributed by atoms with van der Waals surface area (Å²) < 4.78 is 39.4. The van der Waals surface area contributed by atoms with Gasteiger partial charge in [-0.3, -0.25) is 13.9 Å². The van der Waals surface area contributed by atoms with E-state index >= 15 is 0 Å². The van der Waals surface area contributed by atoms with Gasteiger partial charge in [-0.1, -0.05) is 78.9 Å². The molecule has 1 aliphatic carbocycles. The topological polar surface area (TPSA) is 105 Å². The molecule has 1 aliphatic heterocycles. The van der Waals surface area contributed by atoms with Crippen LogP contribution >= 0.6 is 23.2 Å². The molecule has 1 fully saturated rings. The Hall–Kier alpha value is -3.47. The average molecular weight is 689 g/mol. The van der Waals surface area contributed by atoms with Crippen molar-refractivity contribution in [1.29, 1.82) is 0 Å². The molecule has 46 heavy (non-hydrogen) atoms. The van der Waals surface area contributed by atoms with Crippen LogP contribution in [-0.4, -0.2) is 62.7 Å². The molecule has 1 N–H and O–H groups in total. The van der Waals surface area contributed by atoms with Gasteiger partial charge in [0.15, 0.2) is 11.5 Å². The maximum absolute atomic E-state index is 14.5. The molecule has 12 heteroatoms. The van der Waals surface area contributed by atoms with Crippen molar-refractivity contribution in [2.45, 2.75) is 64.1 Å². The molecule has 0 spiro atoms. The molecule has 0 radical (unpaired) electrons. The lowest BCUT2D eigenvalue weighted by molar-refractivity contribution is -0.140. The smallest absolute Gasteiger partial charge is 0.244 e. The molecule has 3 aromatic carbocycles. The number of ether oxygens (including phenoxy) is 2. The largest absolute Gasteiger partial charge is 0.486 e. The second-order valence-corrected chi connectivity index (χ2v) is 14.6. The van der Waals surface area contributed by atoms with E-state index in [-0.39, 0.29) is 36.4 Å². The quantitative estimate of drug-likeness (QED) is 0.250. The van der Waals surface area contributed by atoms with E-state index < -0.39 is 28.5 Å². The van der Waals surface area contributed by atoms with Crippen molar-refractivity contribution >= 4 is 50.7 Å². The molecule has 1 unspecified atom stereocenters. The molecule has 0 saturated heterocycles. The maximum atomic E-state index is 14.5. The second-order valence-electron chi connectivity index (χ2n) is 11.5. The van der Waals surface area contributed by atoms with E-state index in [1.807, 2.05) is 30.3 Å². The standard InChI is InChI=1S/C34H39Cl2N3O6S/c1-2-46(42,43)39(28-15-16-31-32(21-28)45-18-17-44-31)23-33(40)38(22-25-13-14-26(35)20-29(25)36)30(19-24-9-5-3-6-10-24)34(41)37-27-11-7-4-8-12-27/h3,5-6,9-10,13-16,20-21,27,30H,2,4,7-8,11-12,17-19,22-23H2,1H3,(H,37,41). The Morgan fingerprint density at radius 3 is 2.35 bits per heavy atom. The number of benzene rings is 3. The summed E-state index contributed by atoms with van der Waals surface area (Å²) in [6, 6.07) is 18.3. The predicted molar refractivity (Wildman–Crippen MR) is 180 cm³/mol. The molecule has 9 nitrogen and oxygen atoms in total. The van der Waals surface area contributed by atoms with Crippen LogP contribution < -0.4 is 19.1 Å². The number of carbonyl (C=O) groups is 2. The van der Waals surface area contributed by atoms with E-state index in [9.17, 15) is 18.0 Å². The van der Waals surface area contributed by atoms with Crippen molar-refractivity contribution < 1.29 is 27.5 Å². The Bertz CT molecular complexity index is 1630. The van der Waals surface area contributed by atoms with Gasteiger partial charge in [-0.05, 0) is 55.2 Å². The van der Waals surface area contributed by atoms with Crippen LogP contribution in [-0.2, 0) is 32.6 Å². The van der Waals surface area contributed by atoms with Gasteiger partial charge in [0.1, 0.15) is 25.8 Å². The maximum Gasteiger partial charge on any atom is 0.244 e. The number of nitrogens with one attached hydrogen (secondary N) is 1. The summed E-state index contributed by atoms with van der Waals surface area (Å²) >= 11 is 12.8. The molecule has 2 aliphatic rings. The van der Waals surface area contributed by atoms with Crippen LogP contribution in [0.3, 0.4) is 0 Å². The van der Waals surface area contributed by atoms with Gasteiger partial charge in [-0.25, -0.2) is 8.42 Å². The first kappa shape index (κ1) is 33.9. The highest BCUT2D eigenvalue weighted by Crippen LogP contribution is 2.35. The molecular formula is C34H39Cl2N3O6S. The number of anilines is 1. The summed E-state index contributed by atoms with van der Waals surface area (Å²) in [5, 5.41) is 3.96. The fourth-order valence-electron chi connectivity index (χ4n) is 5.84. The van der Waals surface area contributed by atoms with Crippen LogP contribution in [0.5, 0.6) is 11.5 Å². The number of hydrogen-bond donors (Lipinski definition) is 1. The van der Waals surface area contributed by atoms with Crippen LogP contribution in [0.4, 0.5) is 5.69 Å². The third-order valence-electron chi connectivity index (χ3n) is 8.37. The number of rotatable bonds is 12. The fourth-order valence-corrected chi connectivity index (χ4v) is 7.36. The van der Waals surface area contributed by atoms with Gasteiger partial charge in [0.2, 0.25) is 21.8 Å². The van der Waals surface area contributed by atoms with E-state index in [0.717, 1.165) is 42.0 Å². The Labute approximate surface area is 280 Å². The predicted octanol–water partition coefficient (Wildman–Crippen LogP) is 6.01. The van der Waals surface area contributed by atoms with Crippen molar-refractivity contribution in [3.8, 4) is 11.5 Å². The average Bonchev–Trinajstić information content (AvgIpc) is 3.06. The number of hydrogen-bond acceptors (Lipinski definition) is 6. The van der Waals surface area contributed by atoms with Crippen molar-refractivity contribution in [3.63, 3.8) is 0 Å². The molecule has 0 aromatic heterocycles. The van der Waals surface area contributed by atoms with Crippen LogP contribution in [0.15, 0.2) is 66.7 Å². The summed E-state index contributed by atoms with van der Waals surface area (Å²) in [6.07, 6.45) is 5.14. The van der Waals surface area contributed by atoms with Gasteiger partial charge in [-0.15, -0.1) is 0 Å². The lowest BCUT2D eigenvalue weighted by atomic mass is 9.94. The lowest BCUT2D eigenvalue weighted by Gasteiger charge is -2.35. The number of halogens is 2. The molecule has 1 heterocycles. The van der Waals surface area contributed by atoms with E-state index in [4.69, 9.17) is 32.7 Å². The van der Waals surface area contributed by atoms with Crippen molar-refractivity contribution in [2.24, 2.45) is 0 Å². The monoisotopic (exact) mass is 687 g/mol. The lowest BCUT2D eigenvalue weighted by Crippen LogP contribution is -2.55. The van der Waals surface area contributed by atoms with E-state index in [1.165, 1.54) is 11.8 Å². The highest BCUT2D eigenvalue weighted by Gasteiger charge is 2.35. The van der Waals surface area contributed by atoms with Crippen molar-refractivity contribution in [3.05, 3.63) is 87.9 Å². The first-order valence-corrected chi connectivity index (χ1v) is 18.0. The zero-order valence-corrected chi connectivity index (χ0v) is 28.1. The van der Waals surface area contributed by atoms with Crippen LogP contribution in [0.25, 0.3) is 0 Å². The van der Waals surface area contributed by atoms with Crippen LogP contribution in [0, 0.1) is 0 Å². The first-order chi connectivity index (χ1) is 22.1. The van der Waals surface area contributed by atoms with E-state index in [2.05, 4.69) is 5.32 Å². The minimum Gasteiger partial charge on any atom is -0.486 e. The number of amides is 2. The molecule has 5 rings (SSSR count). The van der Waals surface area contributed by atoms with E-state index in [0.29, 0.717) is 40.3 Å². The Balaban J connectivity index is 1.53. The SMILES string of the molecule is CCS(=O)(=O)N(CC(=O)N(Cc1ccc(Cl)cc1Cl)C(Cc1ccccc1)C(=O)NC1CCCCC1)c1ccc2c(c1)OCCO2. The van der Waals surface area contributed by atoms with Crippen molar-refractivity contribution in [1.82, 2.24) is 10.2 Å². The number of nitrogens with zero attached hydrogens (tertiary/aromatic N) is 2. The zero-order valence-electron chi connectivity index (χ0n) is 25.8. The number of fused-ring (bicyclic) bond motifs is 1. The van der Waals surface area contributed by atoms with Gasteiger partial charge >= 0.3 is 0 Å². The van der Waals surface area contributed by atoms with Crippen molar-refractivity contribution in [2.75, 3.05) is 29.8 Å². The Morgan fingerprint density at radius 2 is 1.65 bits per heavy atom. The summed E-state index contributed by atoms with van der Waals surface area (Å²) in [5.41, 5.74) is 1.69. The number of carbonyl (C=O) groups excluding carboxylic acids is 2. The second kappa shape index (κ2) is 15.4. The Morgan fingerprint density at radius 1 is 0.935 bits per heavy atom. The minimum absolute atomic E-state index is 0.00489. The zero-order chi connectivity index (χ0) is 32.7. The van der Waals surface area contributed by atoms with Gasteiger partial charge in [0.05, 0.1) is 11.4 Å². The molecule has 3 aromatic rings. The molecule has 2 amide bonds. The minimum atomic E-state index is -3.94. The summed E-state index contributed by atoms with van der Waals surface area (Å²) in [6.45, 7) is 1.65. The fraction of sp³-hybridized carbons (Fsp3) is 0.412. The highest BCUT2D eigenvalue weighted by molar-refractivity contribution is 7.92. The molecule has 0 bridgehead atoms. The summed E-state index contributed by atoms with van der Waals surface area (Å²) in [5.74, 6) is -0.202. The molecular weight excluding hydrogens is 649 g/mol. The van der Waals surface area contributed by atoms with Gasteiger partial charge < -0.3 is 19.7 Å². The third-order valence-corrected chi connectivity index (χ3v) is 10.7.